The molecule has 1 saturated heterocycles. The SMILES string of the molecule is COc1ccc(CCC[C@@H]2CCCC[C@H]2N2CC[C@@H](O)C2)cc1OC. The van der Waals surface area contributed by atoms with Crippen LogP contribution in [0.5, 0.6) is 11.5 Å². The molecule has 1 heterocycles. The molecule has 1 saturated carbocycles. The molecule has 4 heteroatoms. The van der Waals surface area contributed by atoms with E-state index < -0.39 is 0 Å². The topological polar surface area (TPSA) is 41.9 Å². The van der Waals surface area contributed by atoms with E-state index in [2.05, 4.69) is 17.0 Å². The van der Waals surface area contributed by atoms with Crippen molar-refractivity contribution in [2.75, 3.05) is 27.3 Å². The normalized spacial score (nSPS) is 27.4. The highest BCUT2D eigenvalue weighted by Gasteiger charge is 2.33. The molecule has 2 aliphatic rings. The van der Waals surface area contributed by atoms with Gasteiger partial charge in [-0.05, 0) is 62.1 Å². The number of nitrogens with zero attached hydrogens (tertiary/aromatic N) is 1. The first-order chi connectivity index (χ1) is 12.2. The second-order valence-electron chi connectivity index (χ2n) is 7.63. The standard InChI is InChI=1S/C21H33NO3/c1-24-20-11-10-16(14-21(20)25-2)6-5-8-17-7-3-4-9-19(17)22-13-12-18(23)15-22/h10-11,14,17-19,23H,3-9,12-13,15H2,1-2H3/t17-,18+,19+/m0/s1. The number of aliphatic hydroxyl groups is 1. The minimum absolute atomic E-state index is 0.102. The van der Waals surface area contributed by atoms with Crippen LogP contribution in [-0.4, -0.2) is 49.5 Å². The third kappa shape index (κ3) is 4.68. The molecule has 0 amide bonds. The van der Waals surface area contributed by atoms with E-state index in [9.17, 15) is 5.11 Å². The Balaban J connectivity index is 1.53. The maximum atomic E-state index is 9.87. The van der Waals surface area contributed by atoms with Crippen LogP contribution in [-0.2, 0) is 6.42 Å². The highest BCUT2D eigenvalue weighted by molar-refractivity contribution is 5.42. The molecule has 0 spiro atoms. The molecular formula is C21H33NO3. The van der Waals surface area contributed by atoms with E-state index in [-0.39, 0.29) is 6.10 Å². The molecule has 1 aliphatic heterocycles. The number of hydrogen-bond donors (Lipinski definition) is 1. The third-order valence-electron chi connectivity index (χ3n) is 6.02. The Morgan fingerprint density at radius 1 is 1.08 bits per heavy atom. The van der Waals surface area contributed by atoms with Crippen LogP contribution in [0.3, 0.4) is 0 Å². The molecule has 140 valence electrons. The summed E-state index contributed by atoms with van der Waals surface area (Å²) < 4.78 is 10.7. The summed E-state index contributed by atoms with van der Waals surface area (Å²) in [6.07, 6.45) is 9.82. The fraction of sp³-hybridized carbons (Fsp3) is 0.714. The fourth-order valence-corrected chi connectivity index (χ4v) is 4.68. The van der Waals surface area contributed by atoms with Crippen molar-refractivity contribution in [3.05, 3.63) is 23.8 Å². The second kappa shape index (κ2) is 8.91. The van der Waals surface area contributed by atoms with Gasteiger partial charge in [-0.3, -0.25) is 4.90 Å². The van der Waals surface area contributed by atoms with E-state index in [1.807, 2.05) is 6.07 Å². The molecular weight excluding hydrogens is 314 g/mol. The predicted molar refractivity (Wildman–Crippen MR) is 100 cm³/mol. The first-order valence-corrected chi connectivity index (χ1v) is 9.84. The van der Waals surface area contributed by atoms with Crippen LogP contribution in [0.15, 0.2) is 18.2 Å². The first-order valence-electron chi connectivity index (χ1n) is 9.84. The van der Waals surface area contributed by atoms with Crippen LogP contribution in [0.2, 0.25) is 0 Å². The lowest BCUT2D eigenvalue weighted by atomic mass is 9.80. The van der Waals surface area contributed by atoms with Crippen molar-refractivity contribution in [3.63, 3.8) is 0 Å². The Bertz CT molecular complexity index is 548. The summed E-state index contributed by atoms with van der Waals surface area (Å²) in [5, 5.41) is 9.87. The number of aryl methyl sites for hydroxylation is 1. The third-order valence-corrected chi connectivity index (χ3v) is 6.02. The second-order valence-corrected chi connectivity index (χ2v) is 7.63. The lowest BCUT2D eigenvalue weighted by Gasteiger charge is -2.38. The highest BCUT2D eigenvalue weighted by atomic mass is 16.5. The Labute approximate surface area is 152 Å². The van der Waals surface area contributed by atoms with E-state index >= 15 is 0 Å². The lowest BCUT2D eigenvalue weighted by molar-refractivity contribution is 0.100. The maximum Gasteiger partial charge on any atom is 0.160 e. The van der Waals surface area contributed by atoms with Gasteiger partial charge in [0.25, 0.3) is 0 Å². The summed E-state index contributed by atoms with van der Waals surface area (Å²) in [4.78, 5) is 2.56. The van der Waals surface area contributed by atoms with Crippen molar-refractivity contribution >= 4 is 0 Å². The van der Waals surface area contributed by atoms with Crippen LogP contribution in [0.4, 0.5) is 0 Å². The van der Waals surface area contributed by atoms with E-state index in [4.69, 9.17) is 9.47 Å². The molecule has 3 rings (SSSR count). The molecule has 0 aromatic heterocycles. The van der Waals surface area contributed by atoms with Crippen LogP contribution in [0, 0.1) is 5.92 Å². The van der Waals surface area contributed by atoms with Crippen LogP contribution >= 0.6 is 0 Å². The van der Waals surface area contributed by atoms with Crippen molar-refractivity contribution < 1.29 is 14.6 Å². The average Bonchev–Trinajstić information content (AvgIpc) is 3.08. The smallest absolute Gasteiger partial charge is 0.160 e. The average molecular weight is 347 g/mol. The van der Waals surface area contributed by atoms with E-state index in [1.165, 1.54) is 44.1 Å². The Morgan fingerprint density at radius 3 is 2.60 bits per heavy atom. The molecule has 0 bridgehead atoms. The van der Waals surface area contributed by atoms with Gasteiger partial charge >= 0.3 is 0 Å². The number of aliphatic hydroxyl groups excluding tert-OH is 1. The van der Waals surface area contributed by atoms with Gasteiger partial charge in [0.05, 0.1) is 20.3 Å². The van der Waals surface area contributed by atoms with Gasteiger partial charge in [-0.1, -0.05) is 18.9 Å². The summed E-state index contributed by atoms with van der Waals surface area (Å²) in [5.74, 6) is 2.41. The zero-order chi connectivity index (χ0) is 17.6. The van der Waals surface area contributed by atoms with Crippen LogP contribution < -0.4 is 9.47 Å². The lowest BCUT2D eigenvalue weighted by Crippen LogP contribution is -2.41. The van der Waals surface area contributed by atoms with Gasteiger partial charge in [0, 0.05) is 19.1 Å². The molecule has 2 fully saturated rings. The molecule has 0 unspecified atom stereocenters. The van der Waals surface area contributed by atoms with E-state index in [0.717, 1.165) is 43.3 Å². The maximum absolute atomic E-state index is 9.87. The summed E-state index contributed by atoms with van der Waals surface area (Å²) in [6, 6.07) is 6.95. The number of β-amino-alcohol motifs (C(OH)–C–C–N with tert-alkyl or cyclic N) is 1. The summed E-state index contributed by atoms with van der Waals surface area (Å²) in [7, 11) is 3.37. The Hall–Kier alpha value is -1.26. The van der Waals surface area contributed by atoms with Gasteiger partial charge in [0.1, 0.15) is 0 Å². The summed E-state index contributed by atoms with van der Waals surface area (Å²) in [6.45, 7) is 1.97. The van der Waals surface area contributed by atoms with Gasteiger partial charge in [0.15, 0.2) is 11.5 Å². The zero-order valence-electron chi connectivity index (χ0n) is 15.7. The van der Waals surface area contributed by atoms with E-state index in [1.54, 1.807) is 14.2 Å². The number of hydrogen-bond acceptors (Lipinski definition) is 4. The molecule has 1 N–H and O–H groups in total. The van der Waals surface area contributed by atoms with Gasteiger partial charge in [-0.25, -0.2) is 0 Å². The number of methoxy groups -OCH3 is 2. The molecule has 1 aliphatic carbocycles. The monoisotopic (exact) mass is 347 g/mol. The molecule has 0 radical (unpaired) electrons. The summed E-state index contributed by atoms with van der Waals surface area (Å²) >= 11 is 0. The zero-order valence-corrected chi connectivity index (χ0v) is 15.7. The van der Waals surface area contributed by atoms with Crippen LogP contribution in [0.1, 0.15) is 50.5 Å². The minimum atomic E-state index is -0.102. The molecule has 25 heavy (non-hydrogen) atoms. The number of likely N-dealkylation sites (tertiary alicyclic amines) is 1. The summed E-state index contributed by atoms with van der Waals surface area (Å²) in [5.41, 5.74) is 1.32. The Morgan fingerprint density at radius 2 is 1.88 bits per heavy atom. The highest BCUT2D eigenvalue weighted by Crippen LogP contribution is 2.34. The van der Waals surface area contributed by atoms with Crippen molar-refractivity contribution in [2.24, 2.45) is 5.92 Å². The van der Waals surface area contributed by atoms with Gasteiger partial charge in [-0.2, -0.15) is 0 Å². The molecule has 3 atom stereocenters. The molecule has 4 nitrogen and oxygen atoms in total. The predicted octanol–water partition coefficient (Wildman–Crippen LogP) is 3.65. The van der Waals surface area contributed by atoms with Crippen LogP contribution in [0.25, 0.3) is 0 Å². The number of ether oxygens (including phenoxy) is 2. The van der Waals surface area contributed by atoms with Gasteiger partial charge in [-0.15, -0.1) is 0 Å². The molecule has 1 aromatic carbocycles. The van der Waals surface area contributed by atoms with Crippen molar-refractivity contribution in [2.45, 2.75) is 63.5 Å². The Kier molecular flexibility index (Phi) is 6.60. The number of benzene rings is 1. The first kappa shape index (κ1) is 18.5. The molecule has 1 aromatic rings. The van der Waals surface area contributed by atoms with Crippen molar-refractivity contribution in [1.82, 2.24) is 4.90 Å². The van der Waals surface area contributed by atoms with Crippen molar-refractivity contribution in [1.29, 1.82) is 0 Å². The van der Waals surface area contributed by atoms with E-state index in [0.29, 0.717) is 6.04 Å². The minimum Gasteiger partial charge on any atom is -0.493 e. The van der Waals surface area contributed by atoms with Crippen molar-refractivity contribution in [3.8, 4) is 11.5 Å². The van der Waals surface area contributed by atoms with Gasteiger partial charge < -0.3 is 14.6 Å². The number of rotatable bonds is 7. The largest absolute Gasteiger partial charge is 0.493 e. The quantitative estimate of drug-likeness (QED) is 0.817. The fourth-order valence-electron chi connectivity index (χ4n) is 4.68. The van der Waals surface area contributed by atoms with Gasteiger partial charge in [0.2, 0.25) is 0 Å².